The molecule has 0 fully saturated rings. The van der Waals surface area contributed by atoms with Crippen LogP contribution < -0.4 is 5.32 Å². The Kier molecular flexibility index (Phi) is 6.17. The molecular formula is C15H15Cl2N3O3S. The number of pyridine rings is 1. The van der Waals surface area contributed by atoms with Crippen molar-refractivity contribution >= 4 is 44.8 Å². The average Bonchev–Trinajstić information content (AvgIpc) is 2.50. The molecule has 1 aromatic carbocycles. The molecular weight excluding hydrogens is 373 g/mol. The molecule has 9 heteroatoms. The Morgan fingerprint density at radius 3 is 2.54 bits per heavy atom. The highest BCUT2D eigenvalue weighted by Gasteiger charge is 2.21. The molecule has 0 saturated carbocycles. The minimum absolute atomic E-state index is 0.00840. The minimum atomic E-state index is -3.58. The Balaban J connectivity index is 2.08. The van der Waals surface area contributed by atoms with Crippen molar-refractivity contribution in [2.24, 2.45) is 0 Å². The van der Waals surface area contributed by atoms with Crippen molar-refractivity contribution in [2.45, 2.75) is 6.54 Å². The summed E-state index contributed by atoms with van der Waals surface area (Å²) >= 11 is 11.7. The maximum Gasteiger partial charge on any atom is 0.239 e. The SMILES string of the molecule is CS(=O)(=O)N(CC(=O)Nc1ccc(Cl)c(Cl)c1)Cc1ccccn1. The standard InChI is InChI=1S/C15H15Cl2N3O3S/c1-24(22,23)20(9-12-4-2-3-7-18-12)10-15(21)19-11-5-6-13(16)14(17)8-11/h2-8H,9-10H2,1H3,(H,19,21). The van der Waals surface area contributed by atoms with E-state index in [9.17, 15) is 13.2 Å². The molecule has 0 aliphatic heterocycles. The first-order valence-electron chi connectivity index (χ1n) is 6.85. The topological polar surface area (TPSA) is 79.4 Å². The molecule has 0 aliphatic rings. The molecule has 0 bridgehead atoms. The third kappa shape index (κ3) is 5.45. The molecule has 2 rings (SSSR count). The minimum Gasteiger partial charge on any atom is -0.325 e. The Labute approximate surface area is 150 Å². The van der Waals surface area contributed by atoms with Gasteiger partial charge in [-0.1, -0.05) is 29.3 Å². The molecule has 0 spiro atoms. The smallest absolute Gasteiger partial charge is 0.239 e. The maximum atomic E-state index is 12.1. The van der Waals surface area contributed by atoms with Crippen LogP contribution >= 0.6 is 23.2 Å². The van der Waals surface area contributed by atoms with Gasteiger partial charge in [-0.2, -0.15) is 4.31 Å². The number of aromatic nitrogens is 1. The van der Waals surface area contributed by atoms with Gasteiger partial charge in [-0.25, -0.2) is 8.42 Å². The fraction of sp³-hybridized carbons (Fsp3) is 0.200. The van der Waals surface area contributed by atoms with Crippen LogP contribution in [0.25, 0.3) is 0 Å². The Morgan fingerprint density at radius 2 is 1.96 bits per heavy atom. The zero-order valence-corrected chi connectivity index (χ0v) is 15.1. The summed E-state index contributed by atoms with van der Waals surface area (Å²) < 4.78 is 24.8. The largest absolute Gasteiger partial charge is 0.325 e. The summed E-state index contributed by atoms with van der Waals surface area (Å²) in [6.45, 7) is -0.329. The van der Waals surface area contributed by atoms with Crippen LogP contribution in [0, 0.1) is 0 Å². The van der Waals surface area contributed by atoms with Gasteiger partial charge in [0.1, 0.15) is 0 Å². The van der Waals surface area contributed by atoms with Gasteiger partial charge in [-0.3, -0.25) is 9.78 Å². The van der Waals surface area contributed by atoms with Crippen molar-refractivity contribution in [3.8, 4) is 0 Å². The van der Waals surface area contributed by atoms with Crippen LogP contribution in [0.3, 0.4) is 0 Å². The number of nitrogens with one attached hydrogen (secondary N) is 1. The molecule has 0 radical (unpaired) electrons. The molecule has 1 aromatic heterocycles. The number of benzene rings is 1. The van der Waals surface area contributed by atoms with Crippen LogP contribution in [-0.2, 0) is 21.4 Å². The van der Waals surface area contributed by atoms with Crippen LogP contribution in [0.2, 0.25) is 10.0 Å². The second-order valence-corrected chi connectivity index (χ2v) is 7.83. The lowest BCUT2D eigenvalue weighted by molar-refractivity contribution is -0.116. The number of carbonyl (C=O) groups is 1. The molecule has 1 heterocycles. The molecule has 1 N–H and O–H groups in total. The number of rotatable bonds is 6. The number of carbonyl (C=O) groups excluding carboxylic acids is 1. The molecule has 0 aliphatic carbocycles. The lowest BCUT2D eigenvalue weighted by Gasteiger charge is -2.19. The van der Waals surface area contributed by atoms with Crippen molar-refractivity contribution in [1.82, 2.24) is 9.29 Å². The summed E-state index contributed by atoms with van der Waals surface area (Å²) in [5.74, 6) is -0.491. The molecule has 0 atom stereocenters. The fourth-order valence-electron chi connectivity index (χ4n) is 1.90. The highest BCUT2D eigenvalue weighted by atomic mass is 35.5. The number of nitrogens with zero attached hydrogens (tertiary/aromatic N) is 2. The van der Waals surface area contributed by atoms with Crippen molar-refractivity contribution in [1.29, 1.82) is 0 Å². The number of hydrogen-bond donors (Lipinski definition) is 1. The molecule has 2 aromatic rings. The monoisotopic (exact) mass is 387 g/mol. The van der Waals surface area contributed by atoms with E-state index in [4.69, 9.17) is 23.2 Å². The number of hydrogen-bond acceptors (Lipinski definition) is 4. The van der Waals surface area contributed by atoms with E-state index in [-0.39, 0.29) is 13.1 Å². The number of anilines is 1. The Hall–Kier alpha value is -1.67. The summed E-state index contributed by atoms with van der Waals surface area (Å²) in [4.78, 5) is 16.2. The van der Waals surface area contributed by atoms with E-state index in [1.165, 1.54) is 6.07 Å². The van der Waals surface area contributed by atoms with Gasteiger partial charge in [-0.15, -0.1) is 0 Å². The van der Waals surface area contributed by atoms with Crippen LogP contribution in [0.15, 0.2) is 42.6 Å². The van der Waals surface area contributed by atoms with Crippen molar-refractivity contribution < 1.29 is 13.2 Å². The van der Waals surface area contributed by atoms with Crippen molar-refractivity contribution in [2.75, 3.05) is 18.1 Å². The molecule has 128 valence electrons. The van der Waals surface area contributed by atoms with E-state index < -0.39 is 15.9 Å². The quantitative estimate of drug-likeness (QED) is 0.826. The van der Waals surface area contributed by atoms with E-state index in [1.54, 1.807) is 36.5 Å². The van der Waals surface area contributed by atoms with E-state index in [0.29, 0.717) is 21.4 Å². The molecule has 24 heavy (non-hydrogen) atoms. The van der Waals surface area contributed by atoms with Crippen molar-refractivity contribution in [3.05, 3.63) is 58.3 Å². The van der Waals surface area contributed by atoms with Crippen LogP contribution in [0.5, 0.6) is 0 Å². The third-order valence-electron chi connectivity index (χ3n) is 3.06. The van der Waals surface area contributed by atoms with E-state index in [1.807, 2.05) is 0 Å². The van der Waals surface area contributed by atoms with E-state index in [2.05, 4.69) is 10.3 Å². The lowest BCUT2D eigenvalue weighted by Crippen LogP contribution is -2.37. The van der Waals surface area contributed by atoms with Gasteiger partial charge in [0.2, 0.25) is 15.9 Å². The van der Waals surface area contributed by atoms with E-state index in [0.717, 1.165) is 10.6 Å². The second kappa shape index (κ2) is 7.94. The van der Waals surface area contributed by atoms with Gasteiger partial charge >= 0.3 is 0 Å². The highest BCUT2D eigenvalue weighted by Crippen LogP contribution is 2.25. The van der Waals surface area contributed by atoms with Gasteiger partial charge in [0.05, 0.1) is 35.1 Å². The first-order valence-corrected chi connectivity index (χ1v) is 9.46. The summed E-state index contributed by atoms with van der Waals surface area (Å²) in [5.41, 5.74) is 0.978. The first-order chi connectivity index (χ1) is 11.3. The third-order valence-corrected chi connectivity index (χ3v) is 4.99. The Morgan fingerprint density at radius 1 is 1.21 bits per heavy atom. The summed E-state index contributed by atoms with van der Waals surface area (Å²) in [7, 11) is -3.58. The summed E-state index contributed by atoms with van der Waals surface area (Å²) in [6, 6.07) is 9.78. The zero-order valence-electron chi connectivity index (χ0n) is 12.7. The summed E-state index contributed by atoms with van der Waals surface area (Å²) in [6.07, 6.45) is 2.61. The predicted octanol–water partition coefficient (Wildman–Crippen LogP) is 2.79. The van der Waals surface area contributed by atoms with Gasteiger partial charge in [0.25, 0.3) is 0 Å². The summed E-state index contributed by atoms with van der Waals surface area (Å²) in [5, 5.41) is 3.25. The van der Waals surface area contributed by atoms with Gasteiger partial charge in [-0.05, 0) is 30.3 Å². The lowest BCUT2D eigenvalue weighted by atomic mass is 10.3. The first kappa shape index (κ1) is 18.7. The van der Waals surface area contributed by atoms with E-state index >= 15 is 0 Å². The number of amides is 1. The molecule has 6 nitrogen and oxygen atoms in total. The maximum absolute atomic E-state index is 12.1. The average molecular weight is 388 g/mol. The van der Waals surface area contributed by atoms with Crippen LogP contribution in [0.4, 0.5) is 5.69 Å². The normalized spacial score (nSPS) is 11.5. The van der Waals surface area contributed by atoms with Gasteiger partial charge < -0.3 is 5.32 Å². The zero-order chi connectivity index (χ0) is 17.7. The molecule has 0 saturated heterocycles. The molecule has 0 unspecified atom stereocenters. The van der Waals surface area contributed by atoms with Crippen LogP contribution in [0.1, 0.15) is 5.69 Å². The van der Waals surface area contributed by atoms with Crippen molar-refractivity contribution in [3.63, 3.8) is 0 Å². The number of halogens is 2. The Bertz CT molecular complexity index is 829. The fourth-order valence-corrected chi connectivity index (χ4v) is 2.91. The predicted molar refractivity (Wildman–Crippen MR) is 94.6 cm³/mol. The van der Waals surface area contributed by atoms with Gasteiger partial charge in [0.15, 0.2) is 0 Å². The second-order valence-electron chi connectivity index (χ2n) is 5.03. The number of sulfonamides is 1. The molecule has 1 amide bonds. The highest BCUT2D eigenvalue weighted by molar-refractivity contribution is 7.88. The van der Waals surface area contributed by atoms with Crippen LogP contribution in [-0.4, -0.2) is 36.4 Å². The van der Waals surface area contributed by atoms with Gasteiger partial charge in [0, 0.05) is 11.9 Å².